The molecule has 132 valence electrons. The monoisotopic (exact) mass is 346 g/mol. The van der Waals surface area contributed by atoms with Gasteiger partial charge in [-0.15, -0.1) is 0 Å². The minimum atomic E-state index is -0.653. The Kier molecular flexibility index (Phi) is 4.57. The molecule has 1 atom stereocenters. The Hall–Kier alpha value is -3.07. The second kappa shape index (κ2) is 6.81. The van der Waals surface area contributed by atoms with Crippen molar-refractivity contribution >= 4 is 11.9 Å². The van der Waals surface area contributed by atoms with Crippen molar-refractivity contribution in [1.82, 2.24) is 14.8 Å². The largest absolute Gasteiger partial charge is 0.504 e. The highest BCUT2D eigenvalue weighted by atomic mass is 16.6. The first-order valence-electron chi connectivity index (χ1n) is 7.58. The van der Waals surface area contributed by atoms with E-state index < -0.39 is 12.0 Å². The molecule has 0 saturated heterocycles. The Bertz CT molecular complexity index is 830. The van der Waals surface area contributed by atoms with E-state index in [1.807, 2.05) is 0 Å². The van der Waals surface area contributed by atoms with Crippen LogP contribution in [0.3, 0.4) is 0 Å². The molecule has 25 heavy (non-hydrogen) atoms. The zero-order valence-electron chi connectivity index (χ0n) is 13.8. The van der Waals surface area contributed by atoms with Crippen LogP contribution in [0.15, 0.2) is 35.8 Å². The van der Waals surface area contributed by atoms with E-state index in [2.05, 4.69) is 15.4 Å². The van der Waals surface area contributed by atoms with E-state index in [0.29, 0.717) is 22.8 Å². The quantitative estimate of drug-likeness (QED) is 0.419. The Morgan fingerprint density at radius 1 is 1.32 bits per heavy atom. The van der Waals surface area contributed by atoms with Crippen LogP contribution in [0.25, 0.3) is 0 Å². The Morgan fingerprint density at radius 3 is 2.84 bits per heavy atom. The van der Waals surface area contributed by atoms with Crippen LogP contribution in [-0.4, -0.2) is 51.3 Å². The van der Waals surface area contributed by atoms with Gasteiger partial charge in [0.15, 0.2) is 11.5 Å². The first-order chi connectivity index (χ1) is 12.0. The lowest BCUT2D eigenvalue weighted by Gasteiger charge is -2.28. The minimum Gasteiger partial charge on any atom is -0.504 e. The maximum atomic E-state index is 12.6. The van der Waals surface area contributed by atoms with E-state index >= 15 is 0 Å². The number of benzene rings is 1. The fourth-order valence-electron chi connectivity index (χ4n) is 2.67. The molecular formula is C16H18N4O5. The van der Waals surface area contributed by atoms with E-state index in [4.69, 9.17) is 9.47 Å². The summed E-state index contributed by atoms with van der Waals surface area (Å²) in [6, 6.07) is 3.69. The SMILES string of the molecule is COCCOC(=O)C1=C(C)Nc2ncnn2C1c1ccc(O)c(O)c1. The van der Waals surface area contributed by atoms with Gasteiger partial charge in [0.2, 0.25) is 5.95 Å². The molecule has 3 N–H and O–H groups in total. The first kappa shape index (κ1) is 16.8. The molecule has 3 rings (SSSR count). The van der Waals surface area contributed by atoms with Crippen molar-refractivity contribution < 1.29 is 24.5 Å². The molecule has 0 aliphatic carbocycles. The number of aromatic nitrogens is 3. The zero-order valence-corrected chi connectivity index (χ0v) is 13.8. The average Bonchev–Trinajstić information content (AvgIpc) is 3.04. The molecule has 9 heteroatoms. The number of carbonyl (C=O) groups is 1. The fraction of sp³-hybridized carbons (Fsp3) is 0.312. The van der Waals surface area contributed by atoms with Crippen LogP contribution in [0.2, 0.25) is 0 Å². The van der Waals surface area contributed by atoms with Gasteiger partial charge in [-0.1, -0.05) is 6.07 Å². The molecule has 2 heterocycles. The van der Waals surface area contributed by atoms with Crippen molar-refractivity contribution in [1.29, 1.82) is 0 Å². The number of methoxy groups -OCH3 is 1. The number of ether oxygens (including phenoxy) is 2. The van der Waals surface area contributed by atoms with Gasteiger partial charge in [0.1, 0.15) is 19.0 Å². The number of aromatic hydroxyl groups is 2. The molecule has 1 aromatic carbocycles. The average molecular weight is 346 g/mol. The van der Waals surface area contributed by atoms with Crippen LogP contribution in [0.1, 0.15) is 18.5 Å². The first-order valence-corrected chi connectivity index (χ1v) is 7.58. The van der Waals surface area contributed by atoms with Gasteiger partial charge in [0.05, 0.1) is 12.2 Å². The third kappa shape index (κ3) is 3.13. The summed E-state index contributed by atoms with van der Waals surface area (Å²) >= 11 is 0. The van der Waals surface area contributed by atoms with Gasteiger partial charge >= 0.3 is 5.97 Å². The molecular weight excluding hydrogens is 328 g/mol. The van der Waals surface area contributed by atoms with E-state index in [9.17, 15) is 15.0 Å². The number of rotatable bonds is 5. The molecule has 2 aromatic rings. The maximum Gasteiger partial charge on any atom is 0.338 e. The molecule has 0 fully saturated rings. The van der Waals surface area contributed by atoms with Crippen LogP contribution in [0, 0.1) is 0 Å². The van der Waals surface area contributed by atoms with Crippen LogP contribution in [0.4, 0.5) is 5.95 Å². The number of hydrogen-bond acceptors (Lipinski definition) is 8. The molecule has 1 aromatic heterocycles. The molecule has 1 aliphatic rings. The number of nitrogens with zero attached hydrogens (tertiary/aromatic N) is 3. The summed E-state index contributed by atoms with van der Waals surface area (Å²) in [5.41, 5.74) is 1.46. The highest BCUT2D eigenvalue weighted by molar-refractivity contribution is 5.92. The van der Waals surface area contributed by atoms with Crippen molar-refractivity contribution in [2.45, 2.75) is 13.0 Å². The van der Waals surface area contributed by atoms with Gasteiger partial charge in [0.25, 0.3) is 0 Å². The van der Waals surface area contributed by atoms with E-state index in [-0.39, 0.29) is 24.7 Å². The fourth-order valence-corrected chi connectivity index (χ4v) is 2.67. The summed E-state index contributed by atoms with van der Waals surface area (Å²) < 4.78 is 11.7. The smallest absolute Gasteiger partial charge is 0.338 e. The predicted molar refractivity (Wildman–Crippen MR) is 87.1 cm³/mol. The van der Waals surface area contributed by atoms with Gasteiger partial charge in [0, 0.05) is 12.8 Å². The number of nitrogens with one attached hydrogen (secondary N) is 1. The van der Waals surface area contributed by atoms with Crippen molar-refractivity contribution in [3.05, 3.63) is 41.4 Å². The van der Waals surface area contributed by atoms with Gasteiger partial charge in [-0.2, -0.15) is 10.1 Å². The molecule has 0 saturated carbocycles. The highest BCUT2D eigenvalue weighted by Crippen LogP contribution is 2.37. The minimum absolute atomic E-state index is 0.115. The molecule has 0 spiro atoms. The number of anilines is 1. The lowest BCUT2D eigenvalue weighted by atomic mass is 9.95. The Balaban J connectivity index is 2.03. The third-order valence-corrected chi connectivity index (χ3v) is 3.85. The summed E-state index contributed by atoms with van der Waals surface area (Å²) in [6.45, 7) is 2.13. The number of hydrogen-bond donors (Lipinski definition) is 3. The van der Waals surface area contributed by atoms with E-state index in [1.54, 1.807) is 13.0 Å². The number of phenolic OH excluding ortho intramolecular Hbond substituents is 2. The molecule has 0 amide bonds. The van der Waals surface area contributed by atoms with E-state index in [0.717, 1.165) is 0 Å². The van der Waals surface area contributed by atoms with Crippen LogP contribution in [0.5, 0.6) is 11.5 Å². The van der Waals surface area contributed by atoms with Gasteiger partial charge in [-0.3, -0.25) is 0 Å². The van der Waals surface area contributed by atoms with Crippen LogP contribution < -0.4 is 5.32 Å². The van der Waals surface area contributed by atoms with Gasteiger partial charge in [-0.05, 0) is 24.6 Å². The van der Waals surface area contributed by atoms with Crippen molar-refractivity contribution in [2.24, 2.45) is 0 Å². The summed E-state index contributed by atoms with van der Waals surface area (Å²) in [4.78, 5) is 16.7. The molecule has 9 nitrogen and oxygen atoms in total. The molecule has 1 unspecified atom stereocenters. The van der Waals surface area contributed by atoms with Gasteiger partial charge in [-0.25, -0.2) is 9.48 Å². The van der Waals surface area contributed by atoms with Crippen molar-refractivity contribution in [3.63, 3.8) is 0 Å². The molecule has 0 bridgehead atoms. The van der Waals surface area contributed by atoms with Crippen LogP contribution in [-0.2, 0) is 14.3 Å². The normalized spacial score (nSPS) is 16.3. The zero-order chi connectivity index (χ0) is 18.0. The van der Waals surface area contributed by atoms with E-state index in [1.165, 1.54) is 30.3 Å². The summed E-state index contributed by atoms with van der Waals surface area (Å²) in [6.07, 6.45) is 1.36. The molecule has 0 radical (unpaired) electrons. The van der Waals surface area contributed by atoms with Crippen molar-refractivity contribution in [3.8, 4) is 11.5 Å². The Morgan fingerprint density at radius 2 is 2.12 bits per heavy atom. The number of phenols is 2. The van der Waals surface area contributed by atoms with Crippen LogP contribution >= 0.6 is 0 Å². The highest BCUT2D eigenvalue weighted by Gasteiger charge is 2.34. The molecule has 1 aliphatic heterocycles. The standard InChI is InChI=1S/C16H18N4O5/c1-9-13(15(23)25-6-5-24-2)14(20-16(19-9)17-8-18-20)10-3-4-11(21)12(22)7-10/h3-4,7-8,14,21-22H,5-6H2,1-2H3,(H,17,18,19). The second-order valence-electron chi connectivity index (χ2n) is 5.47. The number of fused-ring (bicyclic) bond motifs is 1. The maximum absolute atomic E-state index is 12.6. The lowest BCUT2D eigenvalue weighted by Crippen LogP contribution is -2.30. The summed E-state index contributed by atoms with van der Waals surface area (Å²) in [5, 5.41) is 26.6. The lowest BCUT2D eigenvalue weighted by molar-refractivity contribution is -0.140. The number of esters is 1. The Labute approximate surface area is 143 Å². The van der Waals surface area contributed by atoms with Gasteiger partial charge < -0.3 is 25.0 Å². The third-order valence-electron chi connectivity index (χ3n) is 3.85. The number of allylic oxidation sites excluding steroid dienone is 1. The summed E-state index contributed by atoms with van der Waals surface area (Å²) in [7, 11) is 1.52. The summed E-state index contributed by atoms with van der Waals surface area (Å²) in [5.74, 6) is -0.604. The predicted octanol–water partition coefficient (Wildman–Crippen LogP) is 1.17. The topological polar surface area (TPSA) is 119 Å². The van der Waals surface area contributed by atoms with Crippen molar-refractivity contribution in [2.75, 3.05) is 25.6 Å². The number of carbonyl (C=O) groups excluding carboxylic acids is 1. The second-order valence-corrected chi connectivity index (χ2v) is 5.47.